The number of likely N-dealkylation sites (tertiary alicyclic amines) is 1. The monoisotopic (exact) mass is 236 g/mol. The van der Waals surface area contributed by atoms with Crippen LogP contribution < -0.4 is 5.73 Å². The second-order valence-corrected chi connectivity index (χ2v) is 5.37. The number of hydrogen-bond acceptors (Lipinski definition) is 3. The van der Waals surface area contributed by atoms with E-state index in [0.29, 0.717) is 6.04 Å². The summed E-state index contributed by atoms with van der Waals surface area (Å²) < 4.78 is 0. The van der Waals surface area contributed by atoms with Gasteiger partial charge in [0.15, 0.2) is 0 Å². The number of hydrogen-bond donors (Lipinski definition) is 1. The van der Waals surface area contributed by atoms with Crippen molar-refractivity contribution in [2.45, 2.75) is 30.3 Å². The second-order valence-electron chi connectivity index (χ2n) is 4.49. The van der Waals surface area contributed by atoms with Crippen molar-refractivity contribution in [3.05, 3.63) is 29.8 Å². The van der Waals surface area contributed by atoms with Gasteiger partial charge in [0, 0.05) is 24.0 Å². The van der Waals surface area contributed by atoms with Crippen molar-refractivity contribution < 1.29 is 0 Å². The van der Waals surface area contributed by atoms with Crippen LogP contribution in [-0.2, 0) is 6.54 Å². The summed E-state index contributed by atoms with van der Waals surface area (Å²) in [5.74, 6) is 0. The Bertz CT molecular complexity index is 323. The van der Waals surface area contributed by atoms with E-state index >= 15 is 0 Å². The molecule has 1 aromatic rings. The van der Waals surface area contributed by atoms with Crippen LogP contribution in [-0.4, -0.2) is 30.3 Å². The molecular formula is C13H20N2S. The van der Waals surface area contributed by atoms with Crippen LogP contribution >= 0.6 is 11.8 Å². The first-order valence-electron chi connectivity index (χ1n) is 5.89. The maximum Gasteiger partial charge on any atom is 0.0234 e. The summed E-state index contributed by atoms with van der Waals surface area (Å²) in [6.07, 6.45) is 4.53. The van der Waals surface area contributed by atoms with Crippen molar-refractivity contribution in [3.63, 3.8) is 0 Å². The van der Waals surface area contributed by atoms with Crippen molar-refractivity contribution in [1.29, 1.82) is 0 Å². The van der Waals surface area contributed by atoms with E-state index in [0.717, 1.165) is 13.1 Å². The third-order valence-electron chi connectivity index (χ3n) is 3.11. The molecule has 1 aromatic carbocycles. The smallest absolute Gasteiger partial charge is 0.0234 e. The molecule has 0 saturated carbocycles. The van der Waals surface area contributed by atoms with Gasteiger partial charge in [0.1, 0.15) is 0 Å². The highest BCUT2D eigenvalue weighted by molar-refractivity contribution is 7.98. The first-order chi connectivity index (χ1) is 7.78. The molecule has 0 bridgehead atoms. The minimum atomic E-state index is 0.374. The Labute approximate surface area is 102 Å². The van der Waals surface area contributed by atoms with Gasteiger partial charge >= 0.3 is 0 Å². The first-order valence-corrected chi connectivity index (χ1v) is 7.11. The third-order valence-corrected chi connectivity index (χ3v) is 3.85. The lowest BCUT2D eigenvalue weighted by atomic mass is 10.1. The van der Waals surface area contributed by atoms with Gasteiger partial charge in [0.2, 0.25) is 0 Å². The van der Waals surface area contributed by atoms with Crippen molar-refractivity contribution in [2.24, 2.45) is 5.73 Å². The minimum Gasteiger partial charge on any atom is -0.327 e. The Hall–Kier alpha value is -0.510. The van der Waals surface area contributed by atoms with Crippen LogP contribution in [0.4, 0.5) is 0 Å². The first kappa shape index (κ1) is 12.0. The zero-order valence-electron chi connectivity index (χ0n) is 9.86. The molecule has 1 heterocycles. The summed E-state index contributed by atoms with van der Waals surface area (Å²) in [6, 6.07) is 9.23. The van der Waals surface area contributed by atoms with Gasteiger partial charge in [-0.3, -0.25) is 4.90 Å². The number of benzene rings is 1. The molecule has 0 aliphatic carbocycles. The molecule has 0 unspecified atom stereocenters. The fourth-order valence-corrected chi connectivity index (χ4v) is 2.63. The molecule has 3 heteroatoms. The van der Waals surface area contributed by atoms with Crippen molar-refractivity contribution in [1.82, 2.24) is 4.90 Å². The molecule has 2 N–H and O–H groups in total. The second kappa shape index (κ2) is 5.71. The predicted octanol–water partition coefficient (Wildman–Crippen LogP) is 2.33. The molecule has 1 atom stereocenters. The van der Waals surface area contributed by atoms with Gasteiger partial charge in [-0.05, 0) is 43.3 Å². The average Bonchev–Trinajstić information content (AvgIpc) is 2.30. The largest absolute Gasteiger partial charge is 0.327 e. The molecule has 1 aliphatic rings. The van der Waals surface area contributed by atoms with E-state index in [1.807, 2.05) is 0 Å². The molecule has 0 aromatic heterocycles. The Morgan fingerprint density at radius 1 is 1.38 bits per heavy atom. The predicted molar refractivity (Wildman–Crippen MR) is 70.7 cm³/mol. The summed E-state index contributed by atoms with van der Waals surface area (Å²) in [4.78, 5) is 3.79. The number of thioether (sulfide) groups is 1. The van der Waals surface area contributed by atoms with Gasteiger partial charge < -0.3 is 5.73 Å². The van der Waals surface area contributed by atoms with Crippen molar-refractivity contribution >= 4 is 11.8 Å². The van der Waals surface area contributed by atoms with Gasteiger partial charge in [0.05, 0.1) is 0 Å². The van der Waals surface area contributed by atoms with E-state index < -0.39 is 0 Å². The topological polar surface area (TPSA) is 29.3 Å². The normalized spacial score (nSPS) is 22.2. The molecular weight excluding hydrogens is 216 g/mol. The molecule has 1 aliphatic heterocycles. The maximum absolute atomic E-state index is 5.98. The Morgan fingerprint density at radius 3 is 2.75 bits per heavy atom. The zero-order valence-corrected chi connectivity index (χ0v) is 10.7. The van der Waals surface area contributed by atoms with Gasteiger partial charge in [-0.1, -0.05) is 12.1 Å². The van der Waals surface area contributed by atoms with E-state index in [9.17, 15) is 0 Å². The van der Waals surface area contributed by atoms with Gasteiger partial charge in [-0.15, -0.1) is 11.8 Å². The summed E-state index contributed by atoms with van der Waals surface area (Å²) >= 11 is 1.79. The number of nitrogens with two attached hydrogens (primary N) is 1. The standard InChI is InChI=1S/C13H20N2S/c1-16-13-6-4-11(5-7-13)9-15-8-2-3-12(14)10-15/h4-7,12H,2-3,8-10,14H2,1H3/t12-/m1/s1. The Morgan fingerprint density at radius 2 is 2.12 bits per heavy atom. The molecule has 16 heavy (non-hydrogen) atoms. The van der Waals surface area contributed by atoms with Gasteiger partial charge in [0.25, 0.3) is 0 Å². The van der Waals surface area contributed by atoms with Crippen molar-refractivity contribution in [2.75, 3.05) is 19.3 Å². The molecule has 1 fully saturated rings. The highest BCUT2D eigenvalue weighted by atomic mass is 32.2. The van der Waals surface area contributed by atoms with Crippen LogP contribution in [0, 0.1) is 0 Å². The number of rotatable bonds is 3. The van der Waals surface area contributed by atoms with Crippen LogP contribution in [0.1, 0.15) is 18.4 Å². The average molecular weight is 236 g/mol. The quantitative estimate of drug-likeness (QED) is 0.817. The fourth-order valence-electron chi connectivity index (χ4n) is 2.22. The summed E-state index contributed by atoms with van der Waals surface area (Å²) in [7, 11) is 0. The molecule has 88 valence electrons. The number of nitrogens with zero attached hydrogens (tertiary/aromatic N) is 1. The lowest BCUT2D eigenvalue weighted by Crippen LogP contribution is -2.42. The molecule has 2 nitrogen and oxygen atoms in total. The van der Waals surface area contributed by atoms with Crippen molar-refractivity contribution in [3.8, 4) is 0 Å². The number of piperidine rings is 1. The highest BCUT2D eigenvalue weighted by Gasteiger charge is 2.16. The van der Waals surface area contributed by atoms with E-state index in [4.69, 9.17) is 5.73 Å². The van der Waals surface area contributed by atoms with E-state index in [1.54, 1.807) is 11.8 Å². The molecule has 0 radical (unpaired) electrons. The molecule has 2 rings (SSSR count). The van der Waals surface area contributed by atoms with Gasteiger partial charge in [-0.2, -0.15) is 0 Å². The van der Waals surface area contributed by atoms with E-state index in [1.165, 1.54) is 29.8 Å². The highest BCUT2D eigenvalue weighted by Crippen LogP contribution is 2.17. The lowest BCUT2D eigenvalue weighted by Gasteiger charge is -2.30. The van der Waals surface area contributed by atoms with Crippen LogP contribution in [0.5, 0.6) is 0 Å². The summed E-state index contributed by atoms with van der Waals surface area (Å²) in [5.41, 5.74) is 7.37. The van der Waals surface area contributed by atoms with Crippen LogP contribution in [0.25, 0.3) is 0 Å². The zero-order chi connectivity index (χ0) is 11.4. The van der Waals surface area contributed by atoms with E-state index in [-0.39, 0.29) is 0 Å². The maximum atomic E-state index is 5.98. The van der Waals surface area contributed by atoms with E-state index in [2.05, 4.69) is 35.4 Å². The van der Waals surface area contributed by atoms with Gasteiger partial charge in [-0.25, -0.2) is 0 Å². The molecule has 0 amide bonds. The fraction of sp³-hybridized carbons (Fsp3) is 0.538. The SMILES string of the molecule is CSc1ccc(CN2CCC[C@@H](N)C2)cc1. The minimum absolute atomic E-state index is 0.374. The Kier molecular flexibility index (Phi) is 4.27. The summed E-state index contributed by atoms with van der Waals surface area (Å²) in [5, 5.41) is 0. The third kappa shape index (κ3) is 3.24. The lowest BCUT2D eigenvalue weighted by molar-refractivity contribution is 0.201. The molecule has 1 saturated heterocycles. The van der Waals surface area contributed by atoms with Crippen LogP contribution in [0.15, 0.2) is 29.2 Å². The molecule has 0 spiro atoms. The van der Waals surface area contributed by atoms with Crippen LogP contribution in [0.2, 0.25) is 0 Å². The summed E-state index contributed by atoms with van der Waals surface area (Å²) in [6.45, 7) is 3.28. The Balaban J connectivity index is 1.92. The van der Waals surface area contributed by atoms with Crippen LogP contribution in [0.3, 0.4) is 0 Å².